The second-order valence-electron chi connectivity index (χ2n) is 5.30. The highest BCUT2D eigenvalue weighted by molar-refractivity contribution is 9.10. The number of rotatable bonds is 3. The summed E-state index contributed by atoms with van der Waals surface area (Å²) >= 11 is 3.41. The van der Waals surface area contributed by atoms with Crippen LogP contribution in [0.2, 0.25) is 0 Å². The summed E-state index contributed by atoms with van der Waals surface area (Å²) in [5.74, 6) is 1.73. The van der Waals surface area contributed by atoms with E-state index in [2.05, 4.69) is 46.1 Å². The maximum Gasteiger partial charge on any atom is 0.106 e. The molecule has 3 unspecified atom stereocenters. The summed E-state index contributed by atoms with van der Waals surface area (Å²) < 4.78 is 0.919. The van der Waals surface area contributed by atoms with Gasteiger partial charge in [-0.25, -0.2) is 4.98 Å². The zero-order valence-corrected chi connectivity index (χ0v) is 12.2. The third-order valence-electron chi connectivity index (χ3n) is 3.94. The Kier molecular flexibility index (Phi) is 4.57. The van der Waals surface area contributed by atoms with Gasteiger partial charge in [0.25, 0.3) is 0 Å². The van der Waals surface area contributed by atoms with Crippen LogP contribution in [-0.2, 0) is 6.54 Å². The third kappa shape index (κ3) is 3.78. The van der Waals surface area contributed by atoms with Crippen LogP contribution >= 0.6 is 15.9 Å². The van der Waals surface area contributed by atoms with Crippen molar-refractivity contribution in [2.24, 2.45) is 11.8 Å². The normalized spacial score (nSPS) is 29.2. The highest BCUT2D eigenvalue weighted by Crippen LogP contribution is 2.29. The second kappa shape index (κ2) is 5.96. The maximum atomic E-state index is 4.45. The molecule has 0 aromatic carbocycles. The molecule has 0 spiro atoms. The van der Waals surface area contributed by atoms with Crippen LogP contribution in [0, 0.1) is 11.8 Å². The fourth-order valence-electron chi connectivity index (χ4n) is 2.53. The Bertz CT molecular complexity index is 367. The molecule has 1 N–H and O–H groups in total. The van der Waals surface area contributed by atoms with Gasteiger partial charge in [0.1, 0.15) is 4.60 Å². The van der Waals surface area contributed by atoms with Gasteiger partial charge in [0.15, 0.2) is 0 Å². The topological polar surface area (TPSA) is 24.9 Å². The molecular formula is C14H21BrN2. The van der Waals surface area contributed by atoms with Gasteiger partial charge in [-0.3, -0.25) is 0 Å². The average Bonchev–Trinajstić information content (AvgIpc) is 2.31. The van der Waals surface area contributed by atoms with Crippen LogP contribution in [0.1, 0.15) is 38.8 Å². The van der Waals surface area contributed by atoms with E-state index in [0.717, 1.165) is 28.7 Å². The molecule has 3 atom stereocenters. The van der Waals surface area contributed by atoms with Gasteiger partial charge in [0.2, 0.25) is 0 Å². The Hall–Kier alpha value is -0.410. The molecule has 0 bridgehead atoms. The van der Waals surface area contributed by atoms with E-state index in [0.29, 0.717) is 6.04 Å². The Morgan fingerprint density at radius 3 is 2.82 bits per heavy atom. The number of nitrogens with one attached hydrogen (secondary N) is 1. The van der Waals surface area contributed by atoms with Crippen LogP contribution in [0.3, 0.4) is 0 Å². The van der Waals surface area contributed by atoms with Crippen molar-refractivity contribution in [3.8, 4) is 0 Å². The minimum atomic E-state index is 0.669. The van der Waals surface area contributed by atoms with E-state index in [1.54, 1.807) is 0 Å². The molecule has 0 saturated heterocycles. The first-order valence-corrected chi connectivity index (χ1v) is 7.29. The molecular weight excluding hydrogens is 276 g/mol. The summed E-state index contributed by atoms with van der Waals surface area (Å²) in [4.78, 5) is 4.45. The summed E-state index contributed by atoms with van der Waals surface area (Å²) in [6, 6.07) is 6.75. The number of pyridine rings is 1. The van der Waals surface area contributed by atoms with Gasteiger partial charge in [0.05, 0.1) is 5.69 Å². The molecule has 94 valence electrons. The SMILES string of the molecule is CC1CCC(NCc2cccc(Br)n2)CC1C. The first-order chi connectivity index (χ1) is 8.15. The lowest BCUT2D eigenvalue weighted by Gasteiger charge is -2.32. The summed E-state index contributed by atoms with van der Waals surface area (Å²) in [7, 11) is 0. The largest absolute Gasteiger partial charge is 0.308 e. The van der Waals surface area contributed by atoms with E-state index in [9.17, 15) is 0 Å². The van der Waals surface area contributed by atoms with E-state index < -0.39 is 0 Å². The van der Waals surface area contributed by atoms with Gasteiger partial charge in [-0.2, -0.15) is 0 Å². The fraction of sp³-hybridized carbons (Fsp3) is 0.643. The van der Waals surface area contributed by atoms with Crippen molar-refractivity contribution in [1.29, 1.82) is 0 Å². The monoisotopic (exact) mass is 296 g/mol. The average molecular weight is 297 g/mol. The summed E-state index contributed by atoms with van der Waals surface area (Å²) in [6.45, 7) is 5.62. The number of aromatic nitrogens is 1. The van der Waals surface area contributed by atoms with E-state index in [-0.39, 0.29) is 0 Å². The van der Waals surface area contributed by atoms with Crippen molar-refractivity contribution in [1.82, 2.24) is 10.3 Å². The van der Waals surface area contributed by atoms with Crippen molar-refractivity contribution in [3.63, 3.8) is 0 Å². The molecule has 1 saturated carbocycles. The lowest BCUT2D eigenvalue weighted by molar-refractivity contribution is 0.225. The standard InChI is InChI=1S/C14H21BrN2/c1-10-6-7-12(8-11(10)2)16-9-13-4-3-5-14(15)17-13/h3-5,10-12,16H,6-9H2,1-2H3. The van der Waals surface area contributed by atoms with Gasteiger partial charge in [-0.15, -0.1) is 0 Å². The molecule has 1 aliphatic rings. The van der Waals surface area contributed by atoms with Crippen LogP contribution in [0.4, 0.5) is 0 Å². The first-order valence-electron chi connectivity index (χ1n) is 6.50. The highest BCUT2D eigenvalue weighted by Gasteiger charge is 2.23. The zero-order chi connectivity index (χ0) is 12.3. The van der Waals surface area contributed by atoms with Crippen molar-refractivity contribution in [2.45, 2.75) is 45.7 Å². The third-order valence-corrected chi connectivity index (χ3v) is 4.38. The molecule has 0 amide bonds. The summed E-state index contributed by atoms with van der Waals surface area (Å²) in [6.07, 6.45) is 3.96. The van der Waals surface area contributed by atoms with Crippen molar-refractivity contribution in [2.75, 3.05) is 0 Å². The predicted octanol–water partition coefficient (Wildman–Crippen LogP) is 3.76. The van der Waals surface area contributed by atoms with Crippen molar-refractivity contribution >= 4 is 15.9 Å². The molecule has 1 aromatic rings. The molecule has 2 nitrogen and oxygen atoms in total. The number of nitrogens with zero attached hydrogens (tertiary/aromatic N) is 1. The van der Waals surface area contributed by atoms with Gasteiger partial charge >= 0.3 is 0 Å². The van der Waals surface area contributed by atoms with Crippen LogP contribution in [0.5, 0.6) is 0 Å². The van der Waals surface area contributed by atoms with Gasteiger partial charge in [-0.1, -0.05) is 19.9 Å². The zero-order valence-electron chi connectivity index (χ0n) is 10.6. The molecule has 2 rings (SSSR count). The molecule has 1 aromatic heterocycles. The van der Waals surface area contributed by atoms with Crippen molar-refractivity contribution < 1.29 is 0 Å². The predicted molar refractivity (Wildman–Crippen MR) is 74.7 cm³/mol. The molecule has 1 heterocycles. The van der Waals surface area contributed by atoms with Gasteiger partial charge in [0, 0.05) is 12.6 Å². The van der Waals surface area contributed by atoms with E-state index >= 15 is 0 Å². The minimum absolute atomic E-state index is 0.669. The van der Waals surface area contributed by atoms with E-state index in [1.807, 2.05) is 12.1 Å². The Labute approximate surface area is 112 Å². The van der Waals surface area contributed by atoms with Crippen molar-refractivity contribution in [3.05, 3.63) is 28.5 Å². The fourth-order valence-corrected chi connectivity index (χ4v) is 2.91. The summed E-state index contributed by atoms with van der Waals surface area (Å²) in [5, 5.41) is 3.63. The number of hydrogen-bond donors (Lipinski definition) is 1. The van der Waals surface area contributed by atoms with E-state index in [1.165, 1.54) is 19.3 Å². The lowest BCUT2D eigenvalue weighted by atomic mass is 9.79. The van der Waals surface area contributed by atoms with Crippen LogP contribution in [-0.4, -0.2) is 11.0 Å². The Morgan fingerprint density at radius 1 is 1.29 bits per heavy atom. The molecule has 17 heavy (non-hydrogen) atoms. The Morgan fingerprint density at radius 2 is 2.12 bits per heavy atom. The van der Waals surface area contributed by atoms with Gasteiger partial charge < -0.3 is 5.32 Å². The van der Waals surface area contributed by atoms with Crippen LogP contribution < -0.4 is 5.32 Å². The Balaban J connectivity index is 1.82. The van der Waals surface area contributed by atoms with Gasteiger partial charge in [-0.05, 0) is 59.2 Å². The molecule has 0 radical (unpaired) electrons. The first kappa shape index (κ1) is 13.0. The molecule has 1 aliphatic carbocycles. The smallest absolute Gasteiger partial charge is 0.106 e. The lowest BCUT2D eigenvalue weighted by Crippen LogP contribution is -2.35. The highest BCUT2D eigenvalue weighted by atomic mass is 79.9. The number of hydrogen-bond acceptors (Lipinski definition) is 2. The van der Waals surface area contributed by atoms with E-state index in [4.69, 9.17) is 0 Å². The maximum absolute atomic E-state index is 4.45. The molecule has 1 fully saturated rings. The van der Waals surface area contributed by atoms with Crippen LogP contribution in [0.15, 0.2) is 22.8 Å². The van der Waals surface area contributed by atoms with Crippen LogP contribution in [0.25, 0.3) is 0 Å². The second-order valence-corrected chi connectivity index (χ2v) is 6.11. The molecule has 0 aliphatic heterocycles. The minimum Gasteiger partial charge on any atom is -0.308 e. The summed E-state index contributed by atoms with van der Waals surface area (Å²) in [5.41, 5.74) is 1.12. The molecule has 3 heteroatoms. The quantitative estimate of drug-likeness (QED) is 0.859. The number of halogens is 1.